The zero-order valence-corrected chi connectivity index (χ0v) is 33.7. The van der Waals surface area contributed by atoms with Crippen molar-refractivity contribution in [2.45, 2.75) is 189 Å². The first-order valence-electron chi connectivity index (χ1n) is 20.7. The second kappa shape index (κ2) is 23.8. The number of nitrogens with one attached hydrogen (secondary N) is 3. The molecule has 0 radical (unpaired) electrons. The van der Waals surface area contributed by atoms with Crippen LogP contribution in [0, 0.1) is 0 Å². The lowest BCUT2D eigenvalue weighted by atomic mass is 9.91. The zero-order chi connectivity index (χ0) is 43.2. The van der Waals surface area contributed by atoms with E-state index in [-0.39, 0.29) is 0 Å². The van der Waals surface area contributed by atoms with E-state index < -0.39 is 128 Å². The highest BCUT2D eigenvalue weighted by Crippen LogP contribution is 2.34. The second-order valence-corrected chi connectivity index (χ2v) is 15.6. The van der Waals surface area contributed by atoms with Crippen LogP contribution in [0.1, 0.15) is 104 Å². The van der Waals surface area contributed by atoms with Crippen molar-refractivity contribution in [3.05, 3.63) is 45.3 Å². The maximum absolute atomic E-state index is 13.1. The van der Waals surface area contributed by atoms with Gasteiger partial charge >= 0.3 is 5.69 Å². The Balaban J connectivity index is 1.44. The number of ether oxygens (including phenoxy) is 4. The Morgan fingerprint density at radius 1 is 0.797 bits per heavy atom. The third-order valence-electron chi connectivity index (χ3n) is 11.0. The molecule has 3 aliphatic rings. The smallest absolute Gasteiger partial charge is 0.330 e. The molecular formula is C39H64N4O16. The molecule has 3 unspecified atom stereocenters. The highest BCUT2D eigenvalue weighted by atomic mass is 16.8. The molecule has 0 aromatic carbocycles. The minimum atomic E-state index is -1.85. The molecule has 11 N–H and O–H groups in total. The highest BCUT2D eigenvalue weighted by molar-refractivity contribution is 5.87. The SMILES string of the molecule is CCCCCCCCCCCCC/C=C/C(=O)N[C@H]1[C@H](OC2O[C@H](CO)[C@@H](O)[C@H](O)[C@H]2NC(C)=O)OC(CC(O)[C@H]2O[C@@H](n3ccc(=O)[nH]c3=O)[C@H](O)[C@@H]2O)[C@H](O)[C@@H]1O. The van der Waals surface area contributed by atoms with Crippen LogP contribution in [0.3, 0.4) is 0 Å². The Bertz CT molecular complexity index is 1590. The van der Waals surface area contributed by atoms with E-state index in [9.17, 15) is 60.0 Å². The molecule has 1 aromatic heterocycles. The Labute approximate surface area is 342 Å². The van der Waals surface area contributed by atoms with Gasteiger partial charge < -0.3 is 70.4 Å². The molecule has 0 aliphatic carbocycles. The van der Waals surface area contributed by atoms with Gasteiger partial charge in [0.2, 0.25) is 11.8 Å². The molecule has 2 amide bonds. The fourth-order valence-corrected chi connectivity index (χ4v) is 7.68. The number of aromatic nitrogens is 2. The van der Waals surface area contributed by atoms with Crippen LogP contribution in [-0.2, 0) is 28.5 Å². The predicted molar refractivity (Wildman–Crippen MR) is 207 cm³/mol. The van der Waals surface area contributed by atoms with Crippen molar-refractivity contribution < 1.29 is 69.4 Å². The number of hydrogen-bond acceptors (Lipinski definition) is 16. The third-order valence-corrected chi connectivity index (χ3v) is 11.0. The summed E-state index contributed by atoms with van der Waals surface area (Å²) in [4.78, 5) is 51.1. The minimum absolute atomic E-state index is 0.597. The number of carbonyl (C=O) groups excluding carboxylic acids is 2. The first-order valence-corrected chi connectivity index (χ1v) is 20.7. The standard InChI is InChI=1S/C39H64N4O16/c1-3-4-5-6-7-8-9-10-11-12-13-14-15-16-25(47)41-28-32(52)29(49)23(56-38(28)59-37-27(40-21(2)45)31(51)30(50)24(20-44)57-37)19-22(46)35-33(53)34(54)36(58-35)43-18-17-26(48)42-39(43)55/h15-18,22-24,27-38,44,46,49-54H,3-14,19-20H2,1-2H3,(H,40,45)(H,41,47)(H,42,48,55)/b16-15+/t22?,23?,24-,27-,28-,29+,30-,31-,32-,33+,34-,35-,36-,37?,38+/m1/s1. The van der Waals surface area contributed by atoms with E-state index in [0.29, 0.717) is 6.42 Å². The van der Waals surface area contributed by atoms with Gasteiger partial charge in [0.15, 0.2) is 18.8 Å². The van der Waals surface area contributed by atoms with Crippen molar-refractivity contribution in [2.75, 3.05) is 6.61 Å². The van der Waals surface area contributed by atoms with Crippen LogP contribution in [0.15, 0.2) is 34.0 Å². The van der Waals surface area contributed by atoms with E-state index in [2.05, 4.69) is 17.6 Å². The Hall–Kier alpha value is -3.12. The number of aromatic amines is 1. The molecule has 59 heavy (non-hydrogen) atoms. The minimum Gasteiger partial charge on any atom is -0.394 e. The van der Waals surface area contributed by atoms with Crippen LogP contribution in [0.25, 0.3) is 0 Å². The second-order valence-electron chi connectivity index (χ2n) is 15.6. The molecule has 0 spiro atoms. The molecule has 15 atom stereocenters. The number of nitrogens with zero attached hydrogens (tertiary/aromatic N) is 1. The van der Waals surface area contributed by atoms with Crippen molar-refractivity contribution >= 4 is 11.8 Å². The number of aliphatic hydroxyl groups is 8. The van der Waals surface area contributed by atoms with Crippen molar-refractivity contribution in [1.82, 2.24) is 20.2 Å². The summed E-state index contributed by atoms with van der Waals surface area (Å²) in [5.74, 6) is -1.35. The highest BCUT2D eigenvalue weighted by Gasteiger charge is 2.53. The largest absolute Gasteiger partial charge is 0.394 e. The van der Waals surface area contributed by atoms with E-state index in [4.69, 9.17) is 18.9 Å². The fourth-order valence-electron chi connectivity index (χ4n) is 7.68. The molecule has 3 aliphatic heterocycles. The summed E-state index contributed by atoms with van der Waals surface area (Å²) < 4.78 is 24.1. The molecule has 3 saturated heterocycles. The van der Waals surface area contributed by atoms with Crippen molar-refractivity contribution in [1.29, 1.82) is 0 Å². The lowest BCUT2D eigenvalue weighted by Crippen LogP contribution is -2.68. The number of amides is 2. The van der Waals surface area contributed by atoms with Gasteiger partial charge in [-0.2, -0.15) is 0 Å². The van der Waals surface area contributed by atoms with Crippen LogP contribution in [0.4, 0.5) is 0 Å². The summed E-state index contributed by atoms with van der Waals surface area (Å²) in [7, 11) is 0. The van der Waals surface area contributed by atoms with Crippen molar-refractivity contribution in [3.63, 3.8) is 0 Å². The normalized spacial score (nSPS) is 34.2. The maximum Gasteiger partial charge on any atom is 0.330 e. The van der Waals surface area contributed by atoms with Crippen LogP contribution in [0.5, 0.6) is 0 Å². The number of rotatable bonds is 22. The summed E-state index contributed by atoms with van der Waals surface area (Å²) in [5, 5.41) is 91.4. The Kier molecular flexibility index (Phi) is 19.6. The average molecular weight is 845 g/mol. The summed E-state index contributed by atoms with van der Waals surface area (Å²) in [6.45, 7) is 2.55. The fraction of sp³-hybridized carbons (Fsp3) is 0.795. The number of carbonyl (C=O) groups is 2. The molecule has 4 heterocycles. The molecule has 336 valence electrons. The number of aliphatic hydroxyl groups excluding tert-OH is 8. The van der Waals surface area contributed by atoms with Gasteiger partial charge in [-0.15, -0.1) is 0 Å². The first-order chi connectivity index (χ1) is 28.2. The van der Waals surface area contributed by atoms with Crippen molar-refractivity contribution in [3.8, 4) is 0 Å². The summed E-state index contributed by atoms with van der Waals surface area (Å²) in [6, 6.07) is -2.01. The van der Waals surface area contributed by atoms with Gasteiger partial charge in [-0.25, -0.2) is 4.79 Å². The first kappa shape index (κ1) is 48.5. The topological polar surface area (TPSA) is 312 Å². The predicted octanol–water partition coefficient (Wildman–Crippen LogP) is -1.94. The number of allylic oxidation sites excluding steroid dienone is 1. The van der Waals surface area contributed by atoms with Gasteiger partial charge in [-0.1, -0.05) is 77.2 Å². The summed E-state index contributed by atoms with van der Waals surface area (Å²) in [6.07, 6.45) is -5.00. The van der Waals surface area contributed by atoms with Gasteiger partial charge in [-0.05, 0) is 18.9 Å². The molecule has 4 rings (SSSR count). The van der Waals surface area contributed by atoms with Gasteiger partial charge in [-0.3, -0.25) is 23.9 Å². The quantitative estimate of drug-likeness (QED) is 0.0447. The van der Waals surface area contributed by atoms with Gasteiger partial charge in [0, 0.05) is 25.6 Å². The zero-order valence-electron chi connectivity index (χ0n) is 33.7. The average Bonchev–Trinajstić information content (AvgIpc) is 3.49. The van der Waals surface area contributed by atoms with Gasteiger partial charge in [0.05, 0.1) is 18.8 Å². The van der Waals surface area contributed by atoms with E-state index in [1.165, 1.54) is 51.0 Å². The number of H-pyrrole nitrogens is 1. The molecule has 20 nitrogen and oxygen atoms in total. The van der Waals surface area contributed by atoms with E-state index >= 15 is 0 Å². The van der Waals surface area contributed by atoms with Crippen LogP contribution in [0.2, 0.25) is 0 Å². The van der Waals surface area contributed by atoms with Crippen LogP contribution in [-0.4, -0.2) is 155 Å². The molecular weight excluding hydrogens is 780 g/mol. The van der Waals surface area contributed by atoms with Gasteiger partial charge in [0.25, 0.3) is 5.56 Å². The number of hydrogen-bond donors (Lipinski definition) is 11. The Morgan fingerprint density at radius 2 is 1.36 bits per heavy atom. The maximum atomic E-state index is 13.1. The van der Waals surface area contributed by atoms with E-state index in [1.807, 2.05) is 4.98 Å². The third kappa shape index (κ3) is 13.4. The van der Waals surface area contributed by atoms with Crippen molar-refractivity contribution in [2.24, 2.45) is 0 Å². The van der Waals surface area contributed by atoms with E-state index in [0.717, 1.165) is 49.4 Å². The molecule has 0 saturated carbocycles. The monoisotopic (exact) mass is 844 g/mol. The lowest BCUT2D eigenvalue weighted by Gasteiger charge is -2.47. The molecule has 1 aromatic rings. The van der Waals surface area contributed by atoms with Gasteiger partial charge in [0.1, 0.15) is 60.9 Å². The molecule has 0 bridgehead atoms. The van der Waals surface area contributed by atoms with Crippen LogP contribution < -0.4 is 21.9 Å². The number of unbranched alkanes of at least 4 members (excludes halogenated alkanes) is 11. The van der Waals surface area contributed by atoms with E-state index in [1.54, 1.807) is 6.08 Å². The summed E-state index contributed by atoms with van der Waals surface area (Å²) in [5.41, 5.74) is -1.68. The summed E-state index contributed by atoms with van der Waals surface area (Å²) >= 11 is 0. The Morgan fingerprint density at radius 3 is 1.93 bits per heavy atom. The lowest BCUT2D eigenvalue weighted by molar-refractivity contribution is -0.346. The molecule has 20 heteroatoms. The van der Waals surface area contributed by atoms with Crippen LogP contribution >= 0.6 is 0 Å². The molecule has 3 fully saturated rings.